The van der Waals surface area contributed by atoms with Crippen molar-refractivity contribution in [3.8, 4) is 0 Å². The first-order valence-electron chi connectivity index (χ1n) is 20.8. The van der Waals surface area contributed by atoms with Gasteiger partial charge in [-0.05, 0) is 72.2 Å². The van der Waals surface area contributed by atoms with Gasteiger partial charge >= 0.3 is 0 Å². The van der Waals surface area contributed by atoms with Gasteiger partial charge in [0.15, 0.2) is 0 Å². The topological polar surface area (TPSA) is 93.8 Å². The molecule has 0 radical (unpaired) electrons. The number of imidazole rings is 2. The van der Waals surface area contributed by atoms with Gasteiger partial charge in [-0.3, -0.25) is 9.59 Å². The molecular weight excluding hydrogens is 705 g/mol. The lowest BCUT2D eigenvalue weighted by atomic mass is 10.0. The number of aromatic nitrogens is 4. The molecule has 57 heavy (non-hydrogen) atoms. The van der Waals surface area contributed by atoms with Crippen molar-refractivity contribution in [2.24, 2.45) is 0 Å². The number of carbonyl (C=O) groups excluding carboxylic acids is 2. The number of nitrogens with zero attached hydrogens (tertiary/aromatic N) is 4. The van der Waals surface area contributed by atoms with Crippen molar-refractivity contribution in [1.29, 1.82) is 0 Å². The minimum absolute atomic E-state index is 0.0186. The second kappa shape index (κ2) is 24.0. The molecule has 6 aromatic rings. The van der Waals surface area contributed by atoms with Gasteiger partial charge in [-0.2, -0.15) is 0 Å². The monoisotopic (exact) mass is 764 g/mol. The number of aryl methyl sites for hydroxylation is 2. The molecule has 2 aromatic heterocycles. The summed E-state index contributed by atoms with van der Waals surface area (Å²) in [6, 6.07) is 36.4. The van der Waals surface area contributed by atoms with E-state index in [4.69, 9.17) is 0 Å². The Morgan fingerprint density at radius 2 is 0.895 bits per heavy atom. The van der Waals surface area contributed by atoms with E-state index in [9.17, 15) is 9.59 Å². The fourth-order valence-electron chi connectivity index (χ4n) is 6.97. The maximum absolute atomic E-state index is 12.7. The number of hydrogen-bond donors (Lipinski definition) is 2. The largest absolute Gasteiger partial charge is 0.350 e. The number of rotatable bonds is 21. The Morgan fingerprint density at radius 1 is 0.509 bits per heavy atom. The zero-order valence-corrected chi connectivity index (χ0v) is 33.8. The van der Waals surface area contributed by atoms with Gasteiger partial charge in [-0.25, -0.2) is 9.97 Å². The minimum atomic E-state index is -0.0430. The molecule has 0 bridgehead atoms. The van der Waals surface area contributed by atoms with Gasteiger partial charge in [0.05, 0.1) is 24.7 Å². The Hall–Kier alpha value is -5.76. The summed E-state index contributed by atoms with van der Waals surface area (Å²) in [6.07, 6.45) is 24.6. The highest BCUT2D eigenvalue weighted by Gasteiger charge is 2.17. The summed E-state index contributed by atoms with van der Waals surface area (Å²) < 4.78 is 4.05. The third kappa shape index (κ3) is 14.0. The summed E-state index contributed by atoms with van der Waals surface area (Å²) in [5.41, 5.74) is 6.30. The summed E-state index contributed by atoms with van der Waals surface area (Å²) in [4.78, 5) is 33.6. The first kappa shape index (κ1) is 42.4. The summed E-state index contributed by atoms with van der Waals surface area (Å²) in [5, 5.41) is 6.16. The van der Waals surface area contributed by atoms with Gasteiger partial charge in [0.1, 0.15) is 0 Å². The first-order valence-corrected chi connectivity index (χ1v) is 20.8. The van der Waals surface area contributed by atoms with Gasteiger partial charge in [0.2, 0.25) is 0 Å². The van der Waals surface area contributed by atoms with Crippen molar-refractivity contribution in [3.05, 3.63) is 180 Å². The van der Waals surface area contributed by atoms with E-state index in [2.05, 4.69) is 83.0 Å². The van der Waals surface area contributed by atoms with E-state index in [0.29, 0.717) is 24.2 Å². The van der Waals surface area contributed by atoms with Crippen LogP contribution in [-0.2, 0) is 12.8 Å². The van der Waals surface area contributed by atoms with Crippen LogP contribution in [0, 0.1) is 0 Å². The lowest BCUT2D eigenvalue weighted by molar-refractivity contribution is 0.0941. The number of unbranched alkanes of at least 4 members (excludes halogenated alkanes) is 7. The molecule has 8 heteroatoms. The number of benzene rings is 4. The smallest absolute Gasteiger partial charge is 0.251 e. The zero-order valence-electron chi connectivity index (χ0n) is 33.8. The molecule has 2 unspecified atom stereocenters. The zero-order chi connectivity index (χ0) is 39.9. The van der Waals surface area contributed by atoms with Gasteiger partial charge in [0, 0.05) is 49.0 Å². The quantitative estimate of drug-likeness (QED) is 0.0714. The van der Waals surface area contributed by atoms with Crippen LogP contribution in [0.3, 0.4) is 0 Å². The van der Waals surface area contributed by atoms with Crippen molar-refractivity contribution in [2.45, 2.75) is 96.6 Å². The third-order valence-electron chi connectivity index (χ3n) is 10.4. The Labute approximate surface area is 339 Å². The summed E-state index contributed by atoms with van der Waals surface area (Å²) >= 11 is 0. The van der Waals surface area contributed by atoms with Crippen molar-refractivity contribution < 1.29 is 9.59 Å². The van der Waals surface area contributed by atoms with Crippen LogP contribution in [0.4, 0.5) is 0 Å². The molecule has 0 aliphatic carbocycles. The van der Waals surface area contributed by atoms with Crippen LogP contribution in [0.15, 0.2) is 147 Å². The highest BCUT2D eigenvalue weighted by Crippen LogP contribution is 2.19. The van der Waals surface area contributed by atoms with Crippen LogP contribution < -0.4 is 10.6 Å². The average molecular weight is 765 g/mol. The van der Waals surface area contributed by atoms with Gasteiger partial charge < -0.3 is 19.8 Å². The second-order valence-corrected chi connectivity index (χ2v) is 14.7. The number of carbonyl (C=O) groups is 2. The lowest BCUT2D eigenvalue weighted by Crippen LogP contribution is -2.31. The Bertz CT molecular complexity index is 1960. The standard InChI is InChI=1S/C25H31N3O.C24H29N3O/c1-2-3-4-5-7-10-21-13-15-23(16-14-21)25(29)27-19-24(28-18-17-26-20-28)22-11-8-6-9-12-22;1-2-3-4-6-9-20-12-14-22(15-13-20)24(28)26-18-23(27-17-16-25-19-27)21-10-7-5-8-11-21/h6,8-9,11-18,20,24H,2-5,7,10,19H2,1H3,(H,27,29);5,7-8,10-17,19,23H,2-4,6,9,18H2,1H3,(H,26,28). The van der Waals surface area contributed by atoms with Crippen LogP contribution in [0.2, 0.25) is 0 Å². The number of nitrogens with one attached hydrogen (secondary N) is 2. The van der Waals surface area contributed by atoms with Crippen molar-refractivity contribution >= 4 is 11.8 Å². The van der Waals surface area contributed by atoms with Crippen molar-refractivity contribution in [1.82, 2.24) is 29.7 Å². The van der Waals surface area contributed by atoms with Crippen LogP contribution in [-0.4, -0.2) is 44.0 Å². The Balaban J connectivity index is 0.000000218. The van der Waals surface area contributed by atoms with Crippen LogP contribution in [0.5, 0.6) is 0 Å². The molecule has 0 saturated heterocycles. The molecule has 8 nitrogen and oxygen atoms in total. The molecule has 2 amide bonds. The highest BCUT2D eigenvalue weighted by molar-refractivity contribution is 5.94. The molecule has 2 atom stereocenters. The fraction of sp³-hybridized carbons (Fsp3) is 0.347. The van der Waals surface area contributed by atoms with E-state index in [1.54, 1.807) is 25.0 Å². The first-order chi connectivity index (χ1) is 28.1. The Morgan fingerprint density at radius 3 is 1.26 bits per heavy atom. The van der Waals surface area contributed by atoms with Crippen molar-refractivity contribution in [2.75, 3.05) is 13.1 Å². The van der Waals surface area contributed by atoms with Crippen LogP contribution >= 0.6 is 0 Å². The van der Waals surface area contributed by atoms with E-state index in [0.717, 1.165) is 24.0 Å². The van der Waals surface area contributed by atoms with E-state index >= 15 is 0 Å². The number of hydrogen-bond acceptors (Lipinski definition) is 4. The van der Waals surface area contributed by atoms with Crippen LogP contribution in [0.1, 0.15) is 127 Å². The molecule has 2 N–H and O–H groups in total. The minimum Gasteiger partial charge on any atom is -0.350 e. The molecule has 4 aromatic carbocycles. The van der Waals surface area contributed by atoms with E-state index in [1.807, 2.05) is 82.2 Å². The molecule has 0 aliphatic rings. The van der Waals surface area contributed by atoms with Crippen LogP contribution in [0.25, 0.3) is 0 Å². The van der Waals surface area contributed by atoms with Crippen molar-refractivity contribution in [3.63, 3.8) is 0 Å². The molecular formula is C49H60N6O2. The summed E-state index contributed by atoms with van der Waals surface area (Å²) in [6.45, 7) is 5.49. The van der Waals surface area contributed by atoms with Gasteiger partial charge in [0.25, 0.3) is 11.8 Å². The average Bonchev–Trinajstić information content (AvgIpc) is 4.00. The normalized spacial score (nSPS) is 11.9. The molecule has 298 valence electrons. The predicted octanol–water partition coefficient (Wildman–Crippen LogP) is 10.4. The molecule has 0 saturated carbocycles. The van der Waals surface area contributed by atoms with E-state index in [1.165, 1.54) is 68.9 Å². The second-order valence-electron chi connectivity index (χ2n) is 14.7. The molecule has 2 heterocycles. The van der Waals surface area contributed by atoms with E-state index in [-0.39, 0.29) is 23.9 Å². The van der Waals surface area contributed by atoms with Gasteiger partial charge in [-0.15, -0.1) is 0 Å². The molecule has 0 aliphatic heterocycles. The maximum Gasteiger partial charge on any atom is 0.251 e. The van der Waals surface area contributed by atoms with E-state index < -0.39 is 0 Å². The SMILES string of the molecule is CCCCCCCc1ccc(C(=O)NCC(c2ccccc2)n2ccnc2)cc1.CCCCCCc1ccc(C(=O)NCC(c2ccccc2)n2ccnc2)cc1. The molecule has 6 rings (SSSR count). The maximum atomic E-state index is 12.7. The summed E-state index contributed by atoms with van der Waals surface area (Å²) in [7, 11) is 0. The third-order valence-corrected chi connectivity index (χ3v) is 10.4. The summed E-state index contributed by atoms with van der Waals surface area (Å²) in [5.74, 6) is -0.0841. The molecule has 0 spiro atoms. The fourth-order valence-corrected chi connectivity index (χ4v) is 6.97. The molecule has 0 fully saturated rings. The lowest BCUT2D eigenvalue weighted by Gasteiger charge is -2.19. The Kier molecular flexibility index (Phi) is 17.8. The van der Waals surface area contributed by atoms with Gasteiger partial charge in [-0.1, -0.05) is 144 Å². The predicted molar refractivity (Wildman–Crippen MR) is 231 cm³/mol. The number of amides is 2. The highest BCUT2D eigenvalue weighted by atomic mass is 16.2.